The number of nitrogens with two attached hydrogens (primary N) is 1. The van der Waals surface area contributed by atoms with Crippen LogP contribution in [0, 0.1) is 6.92 Å². The Kier molecular flexibility index (Phi) is 3.71. The van der Waals surface area contributed by atoms with Crippen LogP contribution in [0.4, 0.5) is 5.69 Å². The third kappa shape index (κ3) is 2.99. The maximum absolute atomic E-state index is 12.2. The molecule has 1 aliphatic heterocycles. The van der Waals surface area contributed by atoms with Crippen LogP contribution in [-0.2, 0) is 14.8 Å². The van der Waals surface area contributed by atoms with Gasteiger partial charge in [0.05, 0.1) is 15.6 Å². The molecule has 1 saturated heterocycles. The summed E-state index contributed by atoms with van der Waals surface area (Å²) in [7, 11) is -3.72. The van der Waals surface area contributed by atoms with Crippen molar-refractivity contribution < 1.29 is 13.2 Å². The maximum atomic E-state index is 12.2. The third-order valence-electron chi connectivity index (χ3n) is 2.88. The number of amides is 1. The van der Waals surface area contributed by atoms with Crippen LogP contribution in [0.1, 0.15) is 12.0 Å². The van der Waals surface area contributed by atoms with E-state index in [0.717, 1.165) is 0 Å². The normalized spacial score (nSPS) is 19.5. The summed E-state index contributed by atoms with van der Waals surface area (Å²) < 4.78 is 26.9. The summed E-state index contributed by atoms with van der Waals surface area (Å²) in [6.45, 7) is 1.93. The average molecular weight is 304 g/mol. The number of nitrogens with one attached hydrogen (secondary N) is 2. The van der Waals surface area contributed by atoms with Crippen LogP contribution >= 0.6 is 11.6 Å². The van der Waals surface area contributed by atoms with E-state index < -0.39 is 16.1 Å². The van der Waals surface area contributed by atoms with E-state index in [1.165, 1.54) is 12.1 Å². The molecule has 19 heavy (non-hydrogen) atoms. The summed E-state index contributed by atoms with van der Waals surface area (Å²) in [4.78, 5) is 11.1. The highest BCUT2D eigenvalue weighted by atomic mass is 35.5. The lowest BCUT2D eigenvalue weighted by Gasteiger charge is -2.14. The lowest BCUT2D eigenvalue weighted by atomic mass is 10.2. The van der Waals surface area contributed by atoms with Gasteiger partial charge in [-0.2, -0.15) is 0 Å². The zero-order valence-corrected chi connectivity index (χ0v) is 11.8. The van der Waals surface area contributed by atoms with E-state index in [2.05, 4.69) is 10.0 Å². The number of carbonyl (C=O) groups excluding carboxylic acids is 1. The largest absolute Gasteiger partial charge is 0.397 e. The highest BCUT2D eigenvalue weighted by Crippen LogP contribution is 2.26. The summed E-state index contributed by atoms with van der Waals surface area (Å²) in [5, 5.41) is 2.88. The Morgan fingerprint density at radius 1 is 1.47 bits per heavy atom. The summed E-state index contributed by atoms with van der Waals surface area (Å²) in [5.41, 5.74) is 6.33. The van der Waals surface area contributed by atoms with Crippen LogP contribution in [0.2, 0.25) is 5.02 Å². The van der Waals surface area contributed by atoms with E-state index >= 15 is 0 Å². The van der Waals surface area contributed by atoms with Gasteiger partial charge in [-0.1, -0.05) is 11.6 Å². The van der Waals surface area contributed by atoms with Crippen LogP contribution in [0.3, 0.4) is 0 Å². The highest BCUT2D eigenvalue weighted by Gasteiger charge is 2.28. The molecule has 1 aromatic rings. The lowest BCUT2D eigenvalue weighted by molar-refractivity contribution is -0.119. The lowest BCUT2D eigenvalue weighted by Crippen LogP contribution is -2.36. The van der Waals surface area contributed by atoms with Gasteiger partial charge in [-0.05, 0) is 24.6 Å². The van der Waals surface area contributed by atoms with Crippen LogP contribution in [-0.4, -0.2) is 26.9 Å². The molecule has 0 aliphatic carbocycles. The van der Waals surface area contributed by atoms with E-state index in [4.69, 9.17) is 17.3 Å². The Balaban J connectivity index is 2.29. The van der Waals surface area contributed by atoms with E-state index in [-0.39, 0.29) is 22.9 Å². The number of nitrogen functional groups attached to an aromatic ring is 1. The summed E-state index contributed by atoms with van der Waals surface area (Å²) in [5.74, 6) is -0.167. The monoisotopic (exact) mass is 303 g/mol. The van der Waals surface area contributed by atoms with Crippen molar-refractivity contribution in [3.63, 3.8) is 0 Å². The zero-order valence-electron chi connectivity index (χ0n) is 10.2. The van der Waals surface area contributed by atoms with Gasteiger partial charge in [0.15, 0.2) is 0 Å². The minimum absolute atomic E-state index is 0.0775. The van der Waals surface area contributed by atoms with Crippen molar-refractivity contribution in [3.05, 3.63) is 22.7 Å². The van der Waals surface area contributed by atoms with Crippen molar-refractivity contribution in [2.24, 2.45) is 0 Å². The van der Waals surface area contributed by atoms with Crippen LogP contribution in [0.15, 0.2) is 17.0 Å². The average Bonchev–Trinajstić information content (AvgIpc) is 2.68. The molecule has 1 aromatic carbocycles. The van der Waals surface area contributed by atoms with Crippen molar-refractivity contribution in [1.29, 1.82) is 0 Å². The topological polar surface area (TPSA) is 101 Å². The van der Waals surface area contributed by atoms with Gasteiger partial charge in [0.25, 0.3) is 0 Å². The first kappa shape index (κ1) is 14.1. The predicted octanol–water partition coefficient (Wildman–Crippen LogP) is 0.397. The molecule has 1 amide bonds. The molecule has 0 aromatic heterocycles. The molecule has 1 fully saturated rings. The second-order valence-electron chi connectivity index (χ2n) is 4.47. The van der Waals surface area contributed by atoms with Gasteiger partial charge in [-0.25, -0.2) is 13.1 Å². The van der Waals surface area contributed by atoms with Gasteiger partial charge in [-0.3, -0.25) is 4.79 Å². The fourth-order valence-corrected chi connectivity index (χ4v) is 3.65. The minimum Gasteiger partial charge on any atom is -0.397 e. The first-order valence-corrected chi connectivity index (χ1v) is 7.50. The first-order valence-electron chi connectivity index (χ1n) is 5.64. The number of hydrogen-bond acceptors (Lipinski definition) is 4. The minimum atomic E-state index is -3.72. The number of hydrogen-bond donors (Lipinski definition) is 3. The van der Waals surface area contributed by atoms with E-state index in [9.17, 15) is 13.2 Å². The Bertz CT molecular complexity index is 630. The highest BCUT2D eigenvalue weighted by molar-refractivity contribution is 7.89. The van der Waals surface area contributed by atoms with Gasteiger partial charge in [0, 0.05) is 19.0 Å². The SMILES string of the molecule is Cc1cc(Cl)c(N)cc1S(=O)(=O)NC1CNC(=O)C1. The molecular formula is C11H14ClN3O3S. The molecular weight excluding hydrogens is 290 g/mol. The molecule has 1 heterocycles. The van der Waals surface area contributed by atoms with Crippen molar-refractivity contribution in [3.8, 4) is 0 Å². The fraction of sp³-hybridized carbons (Fsp3) is 0.364. The molecule has 0 spiro atoms. The molecule has 1 atom stereocenters. The fourth-order valence-electron chi connectivity index (χ4n) is 1.93. The number of anilines is 1. The second-order valence-corrected chi connectivity index (χ2v) is 6.56. The Labute approximate surface area is 116 Å². The van der Waals surface area contributed by atoms with Crippen molar-refractivity contribution in [1.82, 2.24) is 10.0 Å². The quantitative estimate of drug-likeness (QED) is 0.703. The van der Waals surface area contributed by atoms with Gasteiger partial charge < -0.3 is 11.1 Å². The molecule has 4 N–H and O–H groups in total. The smallest absolute Gasteiger partial charge is 0.241 e. The molecule has 104 valence electrons. The standard InChI is InChI=1S/C11H14ClN3O3S/c1-6-2-8(12)9(13)4-10(6)19(17,18)15-7-3-11(16)14-5-7/h2,4,7,15H,3,5,13H2,1H3,(H,14,16). The summed E-state index contributed by atoms with van der Waals surface area (Å²) in [6, 6.07) is 2.39. The van der Waals surface area contributed by atoms with Gasteiger partial charge in [0.1, 0.15) is 0 Å². The van der Waals surface area contributed by atoms with Crippen molar-refractivity contribution in [2.45, 2.75) is 24.3 Å². The first-order chi connectivity index (χ1) is 8.79. The molecule has 8 heteroatoms. The van der Waals surface area contributed by atoms with Gasteiger partial charge >= 0.3 is 0 Å². The molecule has 1 unspecified atom stereocenters. The third-order valence-corrected chi connectivity index (χ3v) is 4.87. The number of sulfonamides is 1. The number of carbonyl (C=O) groups is 1. The van der Waals surface area contributed by atoms with Crippen molar-refractivity contribution in [2.75, 3.05) is 12.3 Å². The summed E-state index contributed by atoms with van der Waals surface area (Å²) >= 11 is 5.83. The zero-order chi connectivity index (χ0) is 14.2. The van der Waals surface area contributed by atoms with E-state index in [0.29, 0.717) is 17.1 Å². The number of rotatable bonds is 3. The van der Waals surface area contributed by atoms with Crippen molar-refractivity contribution >= 4 is 33.2 Å². The molecule has 6 nitrogen and oxygen atoms in total. The van der Waals surface area contributed by atoms with Crippen LogP contribution in [0.25, 0.3) is 0 Å². The Morgan fingerprint density at radius 3 is 2.74 bits per heavy atom. The number of aryl methyl sites for hydroxylation is 1. The van der Waals surface area contributed by atoms with Gasteiger partial charge in [-0.15, -0.1) is 0 Å². The number of halogens is 1. The molecule has 0 radical (unpaired) electrons. The molecule has 2 rings (SSSR count). The second kappa shape index (κ2) is 4.99. The molecule has 0 bridgehead atoms. The molecule has 1 aliphatic rings. The maximum Gasteiger partial charge on any atom is 0.241 e. The predicted molar refractivity (Wildman–Crippen MR) is 72.3 cm³/mol. The number of benzene rings is 1. The molecule has 0 saturated carbocycles. The summed E-state index contributed by atoms with van der Waals surface area (Å²) in [6.07, 6.45) is 0.140. The Morgan fingerprint density at radius 2 is 2.16 bits per heavy atom. The van der Waals surface area contributed by atoms with E-state index in [1.807, 2.05) is 0 Å². The van der Waals surface area contributed by atoms with Crippen LogP contribution in [0.5, 0.6) is 0 Å². The van der Waals surface area contributed by atoms with E-state index in [1.54, 1.807) is 6.92 Å². The van der Waals surface area contributed by atoms with Gasteiger partial charge in [0.2, 0.25) is 15.9 Å². The van der Waals surface area contributed by atoms with Crippen LogP contribution < -0.4 is 15.8 Å². The Hall–Kier alpha value is -1.31.